The molecule has 1 fully saturated rings. The Labute approximate surface area is 104 Å². The zero-order chi connectivity index (χ0) is 12.3. The molecule has 2 rings (SSSR count). The highest BCUT2D eigenvalue weighted by Crippen LogP contribution is 2.12. The number of nitrogens with one attached hydrogen (secondary N) is 1. The van der Waals surface area contributed by atoms with Crippen LogP contribution in [0.15, 0.2) is 12.3 Å². The first-order valence-corrected chi connectivity index (χ1v) is 6.69. The van der Waals surface area contributed by atoms with Crippen LogP contribution < -0.4 is 5.32 Å². The zero-order valence-electron chi connectivity index (χ0n) is 11.2. The van der Waals surface area contributed by atoms with Gasteiger partial charge in [-0.2, -0.15) is 5.10 Å². The molecular weight excluding hydrogens is 212 g/mol. The highest BCUT2D eigenvalue weighted by atomic mass is 15.3. The van der Waals surface area contributed by atoms with Crippen molar-refractivity contribution in [3.63, 3.8) is 0 Å². The summed E-state index contributed by atoms with van der Waals surface area (Å²) in [7, 11) is 0. The normalized spacial score (nSPS) is 23.8. The Hall–Kier alpha value is -0.870. The lowest BCUT2D eigenvalue weighted by Gasteiger charge is -2.33. The van der Waals surface area contributed by atoms with Gasteiger partial charge >= 0.3 is 0 Å². The fourth-order valence-corrected chi connectivity index (χ4v) is 2.22. The lowest BCUT2D eigenvalue weighted by Crippen LogP contribution is -2.49. The molecule has 0 bridgehead atoms. The first-order chi connectivity index (χ1) is 8.20. The van der Waals surface area contributed by atoms with Crippen molar-refractivity contribution in [3.05, 3.63) is 18.0 Å². The van der Waals surface area contributed by atoms with Gasteiger partial charge in [0.2, 0.25) is 0 Å². The summed E-state index contributed by atoms with van der Waals surface area (Å²) < 4.78 is 2.09. The van der Waals surface area contributed by atoms with Crippen LogP contribution >= 0.6 is 0 Å². The molecule has 0 spiro atoms. The van der Waals surface area contributed by atoms with E-state index in [1.54, 1.807) is 0 Å². The second kappa shape index (κ2) is 5.65. The van der Waals surface area contributed by atoms with E-state index in [-0.39, 0.29) is 0 Å². The van der Waals surface area contributed by atoms with Crippen LogP contribution in [0.1, 0.15) is 38.9 Å². The van der Waals surface area contributed by atoms with Gasteiger partial charge in [-0.15, -0.1) is 0 Å². The minimum Gasteiger partial charge on any atom is -0.314 e. The van der Waals surface area contributed by atoms with Crippen molar-refractivity contribution in [1.29, 1.82) is 0 Å². The second-order valence-electron chi connectivity index (χ2n) is 5.07. The first kappa shape index (κ1) is 12.6. The Bertz CT molecular complexity index is 347. The van der Waals surface area contributed by atoms with Crippen LogP contribution in [-0.2, 0) is 6.54 Å². The van der Waals surface area contributed by atoms with Crippen LogP contribution in [0.4, 0.5) is 0 Å². The topological polar surface area (TPSA) is 33.1 Å². The van der Waals surface area contributed by atoms with Crippen LogP contribution in [0.3, 0.4) is 0 Å². The minimum absolute atomic E-state index is 0.504. The van der Waals surface area contributed by atoms with Gasteiger partial charge in [-0.1, -0.05) is 6.92 Å². The van der Waals surface area contributed by atoms with E-state index < -0.39 is 0 Å². The Morgan fingerprint density at radius 2 is 2.41 bits per heavy atom. The monoisotopic (exact) mass is 236 g/mol. The van der Waals surface area contributed by atoms with Gasteiger partial charge in [-0.25, -0.2) is 0 Å². The van der Waals surface area contributed by atoms with Crippen molar-refractivity contribution < 1.29 is 0 Å². The average Bonchev–Trinajstić information content (AvgIpc) is 2.80. The summed E-state index contributed by atoms with van der Waals surface area (Å²) in [6.45, 7) is 11.0. The van der Waals surface area contributed by atoms with Crippen molar-refractivity contribution in [3.8, 4) is 0 Å². The molecule has 4 nitrogen and oxygen atoms in total. The molecule has 1 aromatic heterocycles. The number of rotatable bonds is 4. The van der Waals surface area contributed by atoms with Crippen molar-refractivity contribution in [2.24, 2.45) is 0 Å². The van der Waals surface area contributed by atoms with Gasteiger partial charge in [0, 0.05) is 44.5 Å². The summed E-state index contributed by atoms with van der Waals surface area (Å²) in [6, 6.07) is 3.27. The minimum atomic E-state index is 0.504. The van der Waals surface area contributed by atoms with Gasteiger partial charge in [-0.05, 0) is 26.3 Å². The van der Waals surface area contributed by atoms with Crippen molar-refractivity contribution >= 4 is 0 Å². The third-order valence-electron chi connectivity index (χ3n) is 3.71. The third kappa shape index (κ3) is 3.07. The molecule has 0 aliphatic carbocycles. The molecule has 0 saturated carbocycles. The molecule has 0 aromatic carbocycles. The molecule has 17 heavy (non-hydrogen) atoms. The number of hydrogen-bond donors (Lipinski definition) is 1. The van der Waals surface area contributed by atoms with Gasteiger partial charge in [0.1, 0.15) is 0 Å². The number of piperazine rings is 1. The molecule has 1 aromatic rings. The standard InChI is InChI=1S/C13H24N4/c1-4-11(2)17-7-5-13(15-17)10-16-8-6-14-9-12(16)3/h5,7,11-12,14H,4,6,8-10H2,1-3H3/t11?,12-/m0/s1. The van der Waals surface area contributed by atoms with Gasteiger partial charge in [0.15, 0.2) is 0 Å². The number of hydrogen-bond acceptors (Lipinski definition) is 3. The highest BCUT2D eigenvalue weighted by molar-refractivity contribution is 5.00. The van der Waals surface area contributed by atoms with Gasteiger partial charge in [0.05, 0.1) is 5.69 Å². The van der Waals surface area contributed by atoms with E-state index in [1.165, 1.54) is 5.69 Å². The summed E-state index contributed by atoms with van der Waals surface area (Å²) in [4.78, 5) is 2.50. The summed E-state index contributed by atoms with van der Waals surface area (Å²) >= 11 is 0. The maximum atomic E-state index is 4.66. The molecule has 2 atom stereocenters. The molecule has 2 heterocycles. The number of nitrogens with zero attached hydrogens (tertiary/aromatic N) is 3. The van der Waals surface area contributed by atoms with Gasteiger partial charge in [0.25, 0.3) is 0 Å². The van der Waals surface area contributed by atoms with E-state index in [2.05, 4.69) is 53.0 Å². The van der Waals surface area contributed by atoms with Crippen molar-refractivity contribution in [2.75, 3.05) is 19.6 Å². The van der Waals surface area contributed by atoms with Crippen LogP contribution in [0, 0.1) is 0 Å². The lowest BCUT2D eigenvalue weighted by molar-refractivity contribution is 0.163. The van der Waals surface area contributed by atoms with Crippen molar-refractivity contribution in [2.45, 2.75) is 45.8 Å². The fourth-order valence-electron chi connectivity index (χ4n) is 2.22. The Balaban J connectivity index is 1.96. The highest BCUT2D eigenvalue weighted by Gasteiger charge is 2.18. The quantitative estimate of drug-likeness (QED) is 0.863. The smallest absolute Gasteiger partial charge is 0.0765 e. The van der Waals surface area contributed by atoms with Crippen LogP contribution in [0.25, 0.3) is 0 Å². The van der Waals surface area contributed by atoms with Crippen LogP contribution in [0.2, 0.25) is 0 Å². The zero-order valence-corrected chi connectivity index (χ0v) is 11.2. The molecule has 0 radical (unpaired) electrons. The Kier molecular flexibility index (Phi) is 4.18. The number of aromatic nitrogens is 2. The molecular formula is C13H24N4. The summed E-state index contributed by atoms with van der Waals surface area (Å²) in [5.74, 6) is 0. The molecule has 96 valence electrons. The maximum Gasteiger partial charge on any atom is 0.0765 e. The summed E-state index contributed by atoms with van der Waals surface area (Å²) in [6.07, 6.45) is 3.24. The Morgan fingerprint density at radius 1 is 1.59 bits per heavy atom. The fraction of sp³-hybridized carbons (Fsp3) is 0.769. The van der Waals surface area contributed by atoms with Crippen molar-refractivity contribution in [1.82, 2.24) is 20.0 Å². The predicted octanol–water partition coefficient (Wildman–Crippen LogP) is 1.65. The van der Waals surface area contributed by atoms with E-state index in [9.17, 15) is 0 Å². The van der Waals surface area contributed by atoms with Crippen LogP contribution in [-0.4, -0.2) is 40.4 Å². The van der Waals surface area contributed by atoms with E-state index >= 15 is 0 Å². The third-order valence-corrected chi connectivity index (χ3v) is 3.71. The largest absolute Gasteiger partial charge is 0.314 e. The molecule has 1 saturated heterocycles. The summed E-state index contributed by atoms with van der Waals surface area (Å²) in [5, 5.41) is 8.08. The molecule has 4 heteroatoms. The summed E-state index contributed by atoms with van der Waals surface area (Å²) in [5.41, 5.74) is 1.19. The molecule has 1 N–H and O–H groups in total. The second-order valence-corrected chi connectivity index (χ2v) is 5.07. The molecule has 1 aliphatic heterocycles. The van der Waals surface area contributed by atoms with E-state index in [4.69, 9.17) is 0 Å². The van der Waals surface area contributed by atoms with Gasteiger partial charge in [-0.3, -0.25) is 9.58 Å². The first-order valence-electron chi connectivity index (χ1n) is 6.69. The van der Waals surface area contributed by atoms with E-state index in [0.29, 0.717) is 12.1 Å². The predicted molar refractivity (Wildman–Crippen MR) is 70.0 cm³/mol. The molecule has 1 aliphatic rings. The van der Waals surface area contributed by atoms with E-state index in [0.717, 1.165) is 32.6 Å². The van der Waals surface area contributed by atoms with Crippen LogP contribution in [0.5, 0.6) is 0 Å². The van der Waals surface area contributed by atoms with Gasteiger partial charge < -0.3 is 5.32 Å². The maximum absolute atomic E-state index is 4.66. The molecule has 0 amide bonds. The average molecular weight is 236 g/mol. The SMILES string of the molecule is CCC(C)n1ccc(CN2CCNC[C@@H]2C)n1. The molecule has 1 unspecified atom stereocenters. The Morgan fingerprint density at radius 3 is 3.12 bits per heavy atom. The van der Waals surface area contributed by atoms with E-state index in [1.807, 2.05) is 0 Å². The lowest BCUT2D eigenvalue weighted by atomic mass is 10.2.